The van der Waals surface area contributed by atoms with Gasteiger partial charge in [0.15, 0.2) is 0 Å². The van der Waals surface area contributed by atoms with Crippen molar-refractivity contribution in [3.8, 4) is 66.8 Å². The normalized spacial score (nSPS) is 16.1. The zero-order chi connectivity index (χ0) is 73.5. The maximum Gasteiger partial charge on any atom is 0.0540 e. The quantitative estimate of drug-likeness (QED) is 0.0951. The number of nitrogens with zero attached hydrogens (tertiary/aromatic N) is 2. The molecule has 2 heteroatoms. The van der Waals surface area contributed by atoms with Gasteiger partial charge in [0.25, 0.3) is 0 Å². The molecule has 0 atom stereocenters. The van der Waals surface area contributed by atoms with E-state index in [4.69, 9.17) is 0 Å². The molecule has 2 fully saturated rings. The molecule has 4 aliphatic rings. The number of fused-ring (bicyclic) bond motifs is 6. The average molecular weight is 1420 g/mol. The lowest BCUT2D eigenvalue weighted by atomic mass is 9.71. The molecule has 0 spiro atoms. The molecule has 0 bridgehead atoms. The number of anilines is 6. The number of hydrogen-bond acceptors (Lipinski definition) is 2. The molecule has 2 nitrogen and oxygen atoms in total. The van der Waals surface area contributed by atoms with Crippen molar-refractivity contribution in [2.45, 2.75) is 217 Å². The van der Waals surface area contributed by atoms with Crippen molar-refractivity contribution < 1.29 is 0 Å². The van der Waals surface area contributed by atoms with E-state index in [1.54, 1.807) is 0 Å². The fourth-order valence-electron chi connectivity index (χ4n) is 19.4. The Morgan fingerprint density at radius 1 is 0.250 bits per heavy atom. The fraction of sp³-hybridized carbons (Fsp3) is 0.321. The first-order valence-electron chi connectivity index (χ1n) is 42.1. The third kappa shape index (κ3) is 16.3. The summed E-state index contributed by atoms with van der Waals surface area (Å²) in [5.41, 5.74) is 31.5. The van der Waals surface area contributed by atoms with Gasteiger partial charge in [-0.2, -0.15) is 0 Å². The Balaban J connectivity index is 0.000000173. The topological polar surface area (TPSA) is 6.48 Å². The van der Waals surface area contributed by atoms with Gasteiger partial charge in [-0.3, -0.25) is 0 Å². The first-order valence-corrected chi connectivity index (χ1v) is 42.1. The summed E-state index contributed by atoms with van der Waals surface area (Å²) in [4.78, 5) is 4.99. The van der Waals surface area contributed by atoms with Crippen LogP contribution in [0.2, 0.25) is 0 Å². The van der Waals surface area contributed by atoms with E-state index < -0.39 is 0 Å². The Morgan fingerprint density at radius 3 is 1.12 bits per heavy atom. The summed E-state index contributed by atoms with van der Waals surface area (Å²) in [6.07, 6.45) is 35.0. The first kappa shape index (κ1) is 73.7. The van der Waals surface area contributed by atoms with Gasteiger partial charge in [-0.15, -0.1) is 0 Å². The van der Waals surface area contributed by atoms with Crippen molar-refractivity contribution in [1.29, 1.82) is 0 Å². The monoisotopic (exact) mass is 1410 g/mol. The molecule has 548 valence electrons. The number of rotatable bonds is 16. The number of hydrogen-bond donors (Lipinski definition) is 0. The standard InChI is InChI=1S/C55H61N.C51H53N/c1-3-37-55(38-4-2)53-30-18-17-29-51(53)52-36-35-50(41-54(52)55)56(48-33-31-44(32-34-48)42-21-15-12-16-22-42)49-28-20-27-47(40-49)46-26-19-25-45(39-46)43-23-13-10-8-6-5-7-9-11-14-24-43;1-51(2)48-31-17-15-30-46(48)47-34-33-44(37-49(47)51)52(50-32-18-16-29-45(50)39-23-13-10-14-24-39)43-28-20-27-42(36-43)41-26-19-25-40(35-41)38-21-11-8-6-4-3-5-7-9-12-22-38/h12,15-22,25-36,39-41,43H,3-11,13-14,23-24,37-38H2,1-2H3;10,13-20,23-38H,3-9,11-12,21-22H2,1-2H3. The largest absolute Gasteiger partial charge is 0.310 e. The van der Waals surface area contributed by atoms with Gasteiger partial charge in [0.1, 0.15) is 0 Å². The van der Waals surface area contributed by atoms with Crippen molar-refractivity contribution in [3.05, 3.63) is 325 Å². The van der Waals surface area contributed by atoms with E-state index in [1.165, 1.54) is 276 Å². The second-order valence-electron chi connectivity index (χ2n) is 32.5. The summed E-state index contributed by atoms with van der Waals surface area (Å²) in [6, 6.07) is 110. The van der Waals surface area contributed by atoms with Gasteiger partial charge in [0, 0.05) is 44.8 Å². The lowest BCUT2D eigenvalue weighted by Gasteiger charge is -2.33. The van der Waals surface area contributed by atoms with E-state index in [0.717, 1.165) is 25.7 Å². The smallest absolute Gasteiger partial charge is 0.0540 e. The minimum atomic E-state index is -0.0810. The highest BCUT2D eigenvalue weighted by molar-refractivity contribution is 5.92. The number of benzene rings is 12. The predicted molar refractivity (Wildman–Crippen MR) is 465 cm³/mol. The Hall–Kier alpha value is -9.76. The molecule has 0 unspecified atom stereocenters. The van der Waals surface area contributed by atoms with Crippen LogP contribution >= 0.6 is 0 Å². The highest BCUT2D eigenvalue weighted by atomic mass is 15.1. The van der Waals surface area contributed by atoms with Gasteiger partial charge < -0.3 is 9.80 Å². The van der Waals surface area contributed by atoms with Crippen molar-refractivity contribution in [2.75, 3.05) is 9.80 Å². The van der Waals surface area contributed by atoms with Crippen LogP contribution in [0.25, 0.3) is 66.8 Å². The van der Waals surface area contributed by atoms with Gasteiger partial charge in [-0.25, -0.2) is 0 Å². The molecule has 12 aromatic carbocycles. The molecule has 0 saturated heterocycles. The van der Waals surface area contributed by atoms with Crippen LogP contribution in [0.15, 0.2) is 291 Å². The fourth-order valence-corrected chi connectivity index (χ4v) is 19.4. The highest BCUT2D eigenvalue weighted by Crippen LogP contribution is 2.56. The SMILES string of the molecule is CC1(C)c2ccccc2-c2ccc(N(c3cccc(-c4cccc(C5CCCCCCCCCCC5)c4)c3)c3ccccc3-c3ccccc3)cc21.CCCC1(CCC)c2ccccc2-c2ccc(N(c3ccc(-c4ccccc4)cc3)c3cccc(-c4cccc(C5CCCCCCCCCCC5)c4)c3)cc21. The van der Waals surface area contributed by atoms with Crippen LogP contribution in [0.4, 0.5) is 34.1 Å². The lowest BCUT2D eigenvalue weighted by molar-refractivity contribution is 0.436. The Morgan fingerprint density at radius 2 is 0.602 bits per heavy atom. The molecule has 2 saturated carbocycles. The van der Waals surface area contributed by atoms with E-state index >= 15 is 0 Å². The molecule has 0 aliphatic heterocycles. The van der Waals surface area contributed by atoms with E-state index in [0.29, 0.717) is 11.8 Å². The maximum absolute atomic E-state index is 2.54. The van der Waals surface area contributed by atoms with E-state index in [2.05, 4.69) is 329 Å². The molecular formula is C106H114N2. The molecule has 108 heavy (non-hydrogen) atoms. The summed E-state index contributed by atoms with van der Waals surface area (Å²) < 4.78 is 0. The lowest BCUT2D eigenvalue weighted by Crippen LogP contribution is -2.25. The van der Waals surface area contributed by atoms with Crippen molar-refractivity contribution in [2.24, 2.45) is 0 Å². The average Bonchev–Trinajstić information content (AvgIpc) is 1.57. The molecular weight excluding hydrogens is 1300 g/mol. The van der Waals surface area contributed by atoms with E-state index in [-0.39, 0.29) is 10.8 Å². The molecule has 0 N–H and O–H groups in total. The van der Waals surface area contributed by atoms with Crippen LogP contribution in [0, 0.1) is 0 Å². The van der Waals surface area contributed by atoms with E-state index in [9.17, 15) is 0 Å². The predicted octanol–water partition coefficient (Wildman–Crippen LogP) is 31.9. The molecule has 12 aromatic rings. The van der Waals surface area contributed by atoms with Crippen LogP contribution in [0.5, 0.6) is 0 Å². The maximum atomic E-state index is 2.54. The van der Waals surface area contributed by atoms with Crippen LogP contribution < -0.4 is 9.80 Å². The molecule has 0 aromatic heterocycles. The number of para-hydroxylation sites is 1. The van der Waals surface area contributed by atoms with Crippen molar-refractivity contribution in [1.82, 2.24) is 0 Å². The van der Waals surface area contributed by atoms with Crippen LogP contribution in [-0.2, 0) is 10.8 Å². The third-order valence-corrected chi connectivity index (χ3v) is 25.0. The summed E-state index contributed by atoms with van der Waals surface area (Å²) in [7, 11) is 0. The van der Waals surface area contributed by atoms with Gasteiger partial charge in [-0.05, 0) is 212 Å². The van der Waals surface area contributed by atoms with E-state index in [1.807, 2.05) is 0 Å². The van der Waals surface area contributed by atoms with Crippen molar-refractivity contribution in [3.63, 3.8) is 0 Å². The third-order valence-electron chi connectivity index (χ3n) is 25.0. The van der Waals surface area contributed by atoms with Crippen molar-refractivity contribution >= 4 is 34.1 Å². The zero-order valence-electron chi connectivity index (χ0n) is 65.1. The summed E-state index contributed by atoms with van der Waals surface area (Å²) in [6.45, 7) is 9.45. The summed E-state index contributed by atoms with van der Waals surface area (Å²) in [5.74, 6) is 1.30. The molecule has 0 heterocycles. The van der Waals surface area contributed by atoms with Gasteiger partial charge in [0.2, 0.25) is 0 Å². The minimum absolute atomic E-state index is 0.0318. The Bertz CT molecular complexity index is 4890. The van der Waals surface area contributed by atoms with Gasteiger partial charge in [0.05, 0.1) is 5.69 Å². The Kier molecular flexibility index (Phi) is 23.9. The van der Waals surface area contributed by atoms with Gasteiger partial charge in [-0.1, -0.05) is 381 Å². The summed E-state index contributed by atoms with van der Waals surface area (Å²) >= 11 is 0. The highest BCUT2D eigenvalue weighted by Gasteiger charge is 2.42. The molecule has 0 radical (unpaired) electrons. The first-order chi connectivity index (χ1) is 53.3. The Labute approximate surface area is 648 Å². The minimum Gasteiger partial charge on any atom is -0.310 e. The molecule has 16 rings (SSSR count). The zero-order valence-corrected chi connectivity index (χ0v) is 65.1. The molecule has 4 aliphatic carbocycles. The summed E-state index contributed by atoms with van der Waals surface area (Å²) in [5, 5.41) is 0. The molecule has 0 amide bonds. The van der Waals surface area contributed by atoms with Gasteiger partial charge >= 0.3 is 0 Å². The van der Waals surface area contributed by atoms with Crippen LogP contribution in [0.1, 0.15) is 240 Å². The van der Waals surface area contributed by atoms with Crippen LogP contribution in [0.3, 0.4) is 0 Å². The second-order valence-corrected chi connectivity index (χ2v) is 32.5. The van der Waals surface area contributed by atoms with Crippen LogP contribution in [-0.4, -0.2) is 0 Å². The second kappa shape index (κ2) is 35.1.